The second-order valence-electron chi connectivity index (χ2n) is 5.63. The van der Waals surface area contributed by atoms with E-state index in [-0.39, 0.29) is 16.7 Å². The minimum absolute atomic E-state index is 0.00372. The maximum Gasteiger partial charge on any atom is 0.251 e. The van der Waals surface area contributed by atoms with Gasteiger partial charge in [0.05, 0.1) is 5.02 Å². The molecule has 2 N–H and O–H groups in total. The van der Waals surface area contributed by atoms with Crippen molar-refractivity contribution in [3.63, 3.8) is 0 Å². The summed E-state index contributed by atoms with van der Waals surface area (Å²) >= 11 is 5.79. The number of rotatable bonds is 4. The van der Waals surface area contributed by atoms with Crippen molar-refractivity contribution in [2.75, 3.05) is 6.54 Å². The van der Waals surface area contributed by atoms with Gasteiger partial charge in [0.1, 0.15) is 5.75 Å². The Kier molecular flexibility index (Phi) is 3.40. The number of nitrogens with one attached hydrogen (secondary N) is 1. The normalized spacial score (nSPS) is 27.9. The van der Waals surface area contributed by atoms with E-state index in [4.69, 9.17) is 11.6 Å². The molecule has 1 aromatic carbocycles. The molecule has 0 heterocycles. The van der Waals surface area contributed by atoms with Crippen LogP contribution in [0.5, 0.6) is 5.75 Å². The molecular formula is C15H18ClNO2. The lowest BCUT2D eigenvalue weighted by Gasteiger charge is -2.07. The first-order valence-electron chi connectivity index (χ1n) is 6.93. The van der Waals surface area contributed by atoms with Gasteiger partial charge in [0.25, 0.3) is 5.91 Å². The van der Waals surface area contributed by atoms with Gasteiger partial charge in [-0.15, -0.1) is 0 Å². The van der Waals surface area contributed by atoms with Crippen molar-refractivity contribution >= 4 is 17.5 Å². The Labute approximate surface area is 118 Å². The Bertz CT molecular complexity index is 493. The summed E-state index contributed by atoms with van der Waals surface area (Å²) < 4.78 is 0. The zero-order valence-corrected chi connectivity index (χ0v) is 11.5. The SMILES string of the molecule is O=C(NCCC1C2CCCC21)c1ccc(O)c(Cl)c1. The van der Waals surface area contributed by atoms with Gasteiger partial charge in [0.2, 0.25) is 0 Å². The predicted octanol–water partition coefficient (Wildman–Crippen LogP) is 3.21. The van der Waals surface area contributed by atoms with Crippen molar-refractivity contribution < 1.29 is 9.90 Å². The maximum atomic E-state index is 11.9. The quantitative estimate of drug-likeness (QED) is 0.889. The van der Waals surface area contributed by atoms with E-state index in [0.717, 1.165) is 30.7 Å². The third kappa shape index (κ3) is 2.57. The van der Waals surface area contributed by atoms with Gasteiger partial charge in [0.15, 0.2) is 0 Å². The number of phenols is 1. The van der Waals surface area contributed by atoms with Crippen LogP contribution in [-0.2, 0) is 0 Å². The van der Waals surface area contributed by atoms with E-state index in [9.17, 15) is 9.90 Å². The highest BCUT2D eigenvalue weighted by Crippen LogP contribution is 2.58. The van der Waals surface area contributed by atoms with Gasteiger partial charge >= 0.3 is 0 Å². The lowest BCUT2D eigenvalue weighted by Crippen LogP contribution is -2.25. The predicted molar refractivity (Wildman–Crippen MR) is 74.4 cm³/mol. The fourth-order valence-electron chi connectivity index (χ4n) is 3.50. The number of carbonyl (C=O) groups excluding carboxylic acids is 1. The molecule has 2 aliphatic rings. The summed E-state index contributed by atoms with van der Waals surface area (Å²) in [6.07, 6.45) is 5.25. The highest BCUT2D eigenvalue weighted by atomic mass is 35.5. The molecule has 2 fully saturated rings. The third-order valence-electron chi connectivity index (χ3n) is 4.56. The second-order valence-corrected chi connectivity index (χ2v) is 6.04. The van der Waals surface area contributed by atoms with Crippen molar-refractivity contribution in [1.29, 1.82) is 0 Å². The first kappa shape index (κ1) is 12.8. The molecule has 2 atom stereocenters. The number of carbonyl (C=O) groups is 1. The van der Waals surface area contributed by atoms with Crippen LogP contribution in [0.4, 0.5) is 0 Å². The van der Waals surface area contributed by atoms with Crippen LogP contribution >= 0.6 is 11.6 Å². The van der Waals surface area contributed by atoms with Gasteiger partial charge in [-0.2, -0.15) is 0 Å². The van der Waals surface area contributed by atoms with Crippen molar-refractivity contribution in [3.8, 4) is 5.75 Å². The van der Waals surface area contributed by atoms with Crippen LogP contribution in [0.2, 0.25) is 5.02 Å². The largest absolute Gasteiger partial charge is 0.506 e. The summed E-state index contributed by atoms with van der Waals surface area (Å²) in [6, 6.07) is 4.53. The van der Waals surface area contributed by atoms with E-state index in [1.165, 1.54) is 31.4 Å². The van der Waals surface area contributed by atoms with E-state index >= 15 is 0 Å². The highest BCUT2D eigenvalue weighted by Gasteiger charge is 2.51. The first-order chi connectivity index (χ1) is 9.16. The van der Waals surface area contributed by atoms with E-state index in [2.05, 4.69) is 5.32 Å². The molecule has 0 aliphatic heterocycles. The summed E-state index contributed by atoms with van der Waals surface area (Å²) in [6.45, 7) is 0.731. The van der Waals surface area contributed by atoms with E-state index in [1.54, 1.807) is 6.07 Å². The van der Waals surface area contributed by atoms with Crippen LogP contribution in [0.3, 0.4) is 0 Å². The molecule has 0 bridgehead atoms. The number of fused-ring (bicyclic) bond motifs is 1. The van der Waals surface area contributed by atoms with E-state index < -0.39 is 0 Å². The number of phenolic OH excluding ortho intramolecular Hbond substituents is 1. The standard InChI is InChI=1S/C15H18ClNO2/c16-13-8-9(4-5-14(13)18)15(19)17-7-6-12-10-2-1-3-11(10)12/h4-5,8,10-12,18H,1-3,6-7H2,(H,17,19). The van der Waals surface area contributed by atoms with Crippen LogP contribution in [0.15, 0.2) is 18.2 Å². The van der Waals surface area contributed by atoms with Gasteiger partial charge in [0, 0.05) is 12.1 Å². The molecule has 3 nitrogen and oxygen atoms in total. The third-order valence-corrected chi connectivity index (χ3v) is 4.86. The number of halogens is 1. The molecule has 2 aliphatic carbocycles. The number of aromatic hydroxyl groups is 1. The van der Waals surface area contributed by atoms with Crippen LogP contribution < -0.4 is 5.32 Å². The summed E-state index contributed by atoms with van der Waals surface area (Å²) in [5.41, 5.74) is 0.499. The smallest absolute Gasteiger partial charge is 0.251 e. The molecule has 0 aromatic heterocycles. The van der Waals surface area contributed by atoms with Gasteiger partial charge in [-0.3, -0.25) is 4.79 Å². The number of benzene rings is 1. The number of hydrogen-bond acceptors (Lipinski definition) is 2. The van der Waals surface area contributed by atoms with Gasteiger partial charge in [-0.05, 0) is 55.2 Å². The summed E-state index contributed by atoms with van der Waals surface area (Å²) in [4.78, 5) is 11.9. The van der Waals surface area contributed by atoms with Crippen LogP contribution in [0.25, 0.3) is 0 Å². The van der Waals surface area contributed by atoms with Gasteiger partial charge in [-0.1, -0.05) is 18.0 Å². The number of hydrogen-bond donors (Lipinski definition) is 2. The molecule has 0 saturated heterocycles. The van der Waals surface area contributed by atoms with Gasteiger partial charge in [-0.25, -0.2) is 0 Å². The van der Waals surface area contributed by atoms with Crippen LogP contribution in [0, 0.1) is 17.8 Å². The maximum absolute atomic E-state index is 11.9. The fourth-order valence-corrected chi connectivity index (χ4v) is 3.68. The zero-order valence-electron chi connectivity index (χ0n) is 10.7. The molecule has 0 radical (unpaired) electrons. The minimum atomic E-state index is -0.118. The minimum Gasteiger partial charge on any atom is -0.506 e. The van der Waals surface area contributed by atoms with E-state index in [0.29, 0.717) is 5.56 Å². The zero-order chi connectivity index (χ0) is 13.4. The summed E-state index contributed by atoms with van der Waals surface area (Å²) in [5.74, 6) is 2.62. The number of amides is 1. The van der Waals surface area contributed by atoms with Crippen molar-refractivity contribution in [3.05, 3.63) is 28.8 Å². The average molecular weight is 280 g/mol. The van der Waals surface area contributed by atoms with E-state index in [1.807, 2.05) is 0 Å². The molecule has 0 spiro atoms. The summed E-state index contributed by atoms with van der Waals surface area (Å²) in [5, 5.41) is 12.5. The highest BCUT2D eigenvalue weighted by molar-refractivity contribution is 6.32. The lowest BCUT2D eigenvalue weighted by molar-refractivity contribution is 0.0952. The molecule has 2 unspecified atom stereocenters. The molecular weight excluding hydrogens is 262 g/mol. The first-order valence-corrected chi connectivity index (χ1v) is 7.31. The van der Waals surface area contributed by atoms with Crippen molar-refractivity contribution in [1.82, 2.24) is 5.32 Å². The topological polar surface area (TPSA) is 49.3 Å². The van der Waals surface area contributed by atoms with Crippen molar-refractivity contribution in [2.24, 2.45) is 17.8 Å². The molecule has 3 rings (SSSR count). The van der Waals surface area contributed by atoms with Crippen LogP contribution in [-0.4, -0.2) is 17.6 Å². The molecule has 2 saturated carbocycles. The summed E-state index contributed by atoms with van der Waals surface area (Å²) in [7, 11) is 0. The monoisotopic (exact) mass is 279 g/mol. The van der Waals surface area contributed by atoms with Crippen molar-refractivity contribution in [2.45, 2.75) is 25.7 Å². The molecule has 102 valence electrons. The Morgan fingerprint density at radius 3 is 2.79 bits per heavy atom. The molecule has 1 amide bonds. The molecule has 19 heavy (non-hydrogen) atoms. The fraction of sp³-hybridized carbons (Fsp3) is 0.533. The Morgan fingerprint density at radius 1 is 1.37 bits per heavy atom. The Balaban J connectivity index is 1.47. The second kappa shape index (κ2) is 5.04. The van der Waals surface area contributed by atoms with Gasteiger partial charge < -0.3 is 10.4 Å². The Morgan fingerprint density at radius 2 is 2.11 bits per heavy atom. The average Bonchev–Trinajstić information content (AvgIpc) is 2.85. The molecule has 4 heteroatoms. The molecule has 1 aromatic rings. The van der Waals surface area contributed by atoms with Crippen LogP contribution in [0.1, 0.15) is 36.0 Å². The lowest BCUT2D eigenvalue weighted by atomic mass is 10.1. The Hall–Kier alpha value is -1.22.